The molecular weight excluding hydrogens is 334 g/mol. The molecule has 2 atom stereocenters. The van der Waals surface area contributed by atoms with Crippen molar-refractivity contribution in [3.63, 3.8) is 0 Å². The summed E-state index contributed by atoms with van der Waals surface area (Å²) in [5.41, 5.74) is 0.556. The van der Waals surface area contributed by atoms with Gasteiger partial charge in [-0.05, 0) is 38.1 Å². The van der Waals surface area contributed by atoms with Crippen LogP contribution in [0.3, 0.4) is 0 Å². The molecule has 0 unspecified atom stereocenters. The molecule has 0 radical (unpaired) electrons. The molecule has 1 fully saturated rings. The van der Waals surface area contributed by atoms with Crippen molar-refractivity contribution in [3.05, 3.63) is 29.3 Å². The number of imide groups is 1. The summed E-state index contributed by atoms with van der Waals surface area (Å²) in [6.07, 6.45) is 0. The van der Waals surface area contributed by atoms with Crippen LogP contribution in [0.5, 0.6) is 0 Å². The van der Waals surface area contributed by atoms with Gasteiger partial charge in [0.2, 0.25) is 5.91 Å². The topological polar surface area (TPSA) is 79.0 Å². The molecule has 2 rings (SSSR count). The van der Waals surface area contributed by atoms with Crippen LogP contribution in [0.4, 0.5) is 10.5 Å². The van der Waals surface area contributed by atoms with Gasteiger partial charge in [-0.15, -0.1) is 0 Å². The second-order valence-electron chi connectivity index (χ2n) is 5.65. The number of hydrogen-bond donors (Lipinski definition) is 1. The highest BCUT2D eigenvalue weighted by Crippen LogP contribution is 2.26. The lowest BCUT2D eigenvalue weighted by atomic mass is 10.2. The van der Waals surface area contributed by atoms with Crippen LogP contribution in [-0.4, -0.2) is 55.1 Å². The molecule has 1 saturated heterocycles. The summed E-state index contributed by atoms with van der Waals surface area (Å²) in [4.78, 5) is 39.2. The Kier molecular flexibility index (Phi) is 5.80. The lowest BCUT2D eigenvalue weighted by Gasteiger charge is -2.19. The summed E-state index contributed by atoms with van der Waals surface area (Å²) in [5.74, 6) is -0.823. The average molecular weight is 354 g/mol. The minimum atomic E-state index is -0.678. The summed E-state index contributed by atoms with van der Waals surface area (Å²) in [6, 6.07) is 5.20. The number of ether oxygens (including phenoxy) is 1. The predicted octanol–water partition coefficient (Wildman–Crippen LogP) is 1.65. The van der Waals surface area contributed by atoms with Gasteiger partial charge in [-0.3, -0.25) is 19.4 Å². The smallest absolute Gasteiger partial charge is 0.332 e. The predicted molar refractivity (Wildman–Crippen MR) is 90.0 cm³/mol. The molecule has 130 valence electrons. The number of halogens is 1. The standard InChI is InChI=1S/C16H20ClN3O4/c1-10(9-24-3)18-14(21)8-19-15(22)11(2)20(16(19)23)13-6-4-12(17)5-7-13/h4-7,10-11H,8-9H2,1-3H3,(H,18,21)/t10-,11+/m1/s1. The number of hydrogen-bond acceptors (Lipinski definition) is 4. The first-order chi connectivity index (χ1) is 11.3. The molecule has 0 aliphatic carbocycles. The molecule has 1 heterocycles. The van der Waals surface area contributed by atoms with Crippen molar-refractivity contribution in [2.45, 2.75) is 25.9 Å². The van der Waals surface area contributed by atoms with Gasteiger partial charge >= 0.3 is 6.03 Å². The van der Waals surface area contributed by atoms with Gasteiger partial charge in [-0.25, -0.2) is 4.79 Å². The molecule has 0 spiro atoms. The largest absolute Gasteiger partial charge is 0.383 e. The van der Waals surface area contributed by atoms with Crippen LogP contribution in [0.25, 0.3) is 0 Å². The highest BCUT2D eigenvalue weighted by Gasteiger charge is 2.44. The van der Waals surface area contributed by atoms with E-state index >= 15 is 0 Å². The number of carbonyl (C=O) groups is 3. The number of carbonyl (C=O) groups excluding carboxylic acids is 3. The summed E-state index contributed by atoms with van der Waals surface area (Å²) in [5, 5.41) is 3.21. The molecule has 0 bridgehead atoms. The summed E-state index contributed by atoms with van der Waals surface area (Å²) in [6.45, 7) is 3.43. The molecule has 4 amide bonds. The quantitative estimate of drug-likeness (QED) is 0.789. The van der Waals surface area contributed by atoms with E-state index in [2.05, 4.69) is 5.32 Å². The number of nitrogens with one attached hydrogen (secondary N) is 1. The van der Waals surface area contributed by atoms with Crippen LogP contribution < -0.4 is 10.2 Å². The fourth-order valence-electron chi connectivity index (χ4n) is 2.56. The van der Waals surface area contributed by atoms with E-state index in [9.17, 15) is 14.4 Å². The molecule has 0 aromatic heterocycles. The Labute approximate surface area is 145 Å². The number of benzene rings is 1. The Hall–Kier alpha value is -2.12. The van der Waals surface area contributed by atoms with E-state index in [0.29, 0.717) is 17.3 Å². The molecular formula is C16H20ClN3O4. The van der Waals surface area contributed by atoms with Crippen LogP contribution in [0.15, 0.2) is 24.3 Å². The zero-order valence-electron chi connectivity index (χ0n) is 13.8. The van der Waals surface area contributed by atoms with E-state index in [4.69, 9.17) is 16.3 Å². The van der Waals surface area contributed by atoms with E-state index in [1.54, 1.807) is 38.1 Å². The second kappa shape index (κ2) is 7.63. The van der Waals surface area contributed by atoms with Gasteiger partial charge in [-0.2, -0.15) is 0 Å². The van der Waals surface area contributed by atoms with Crippen molar-refractivity contribution in [3.8, 4) is 0 Å². The van der Waals surface area contributed by atoms with Crippen LogP contribution in [-0.2, 0) is 14.3 Å². The van der Waals surface area contributed by atoms with Crippen LogP contribution in [0.2, 0.25) is 5.02 Å². The summed E-state index contributed by atoms with van der Waals surface area (Å²) >= 11 is 5.85. The summed E-state index contributed by atoms with van der Waals surface area (Å²) in [7, 11) is 1.53. The highest BCUT2D eigenvalue weighted by atomic mass is 35.5. The van der Waals surface area contributed by atoms with Crippen LogP contribution in [0, 0.1) is 0 Å². The molecule has 1 aromatic carbocycles. The SMILES string of the molecule is COC[C@@H](C)NC(=O)CN1C(=O)[C@H](C)N(c2ccc(Cl)cc2)C1=O. The lowest BCUT2D eigenvalue weighted by molar-refractivity contribution is -0.132. The average Bonchev–Trinajstić information content (AvgIpc) is 2.72. The zero-order valence-corrected chi connectivity index (χ0v) is 14.5. The van der Waals surface area contributed by atoms with Gasteiger partial charge < -0.3 is 10.1 Å². The lowest BCUT2D eigenvalue weighted by Crippen LogP contribution is -2.45. The third-order valence-electron chi connectivity index (χ3n) is 3.68. The number of amides is 4. The third kappa shape index (κ3) is 3.85. The minimum Gasteiger partial charge on any atom is -0.383 e. The van der Waals surface area contributed by atoms with Crippen molar-refractivity contribution >= 4 is 35.1 Å². The van der Waals surface area contributed by atoms with Gasteiger partial charge in [0.15, 0.2) is 0 Å². The van der Waals surface area contributed by atoms with E-state index in [1.807, 2.05) is 0 Å². The summed E-state index contributed by atoms with van der Waals surface area (Å²) < 4.78 is 4.94. The number of rotatable bonds is 6. The molecule has 0 saturated carbocycles. The van der Waals surface area contributed by atoms with Crippen LogP contribution >= 0.6 is 11.6 Å². The number of anilines is 1. The monoisotopic (exact) mass is 353 g/mol. The molecule has 1 N–H and O–H groups in total. The van der Waals surface area contributed by atoms with Crippen molar-refractivity contribution in [1.29, 1.82) is 0 Å². The normalized spacial score (nSPS) is 18.9. The maximum absolute atomic E-state index is 12.6. The molecule has 7 nitrogen and oxygen atoms in total. The fourth-order valence-corrected chi connectivity index (χ4v) is 2.69. The van der Waals surface area contributed by atoms with Crippen molar-refractivity contribution in [2.75, 3.05) is 25.2 Å². The molecule has 1 aromatic rings. The first-order valence-corrected chi connectivity index (χ1v) is 7.91. The molecule has 1 aliphatic heterocycles. The highest BCUT2D eigenvalue weighted by molar-refractivity contribution is 6.30. The number of urea groups is 1. The number of nitrogens with zero attached hydrogens (tertiary/aromatic N) is 2. The zero-order chi connectivity index (χ0) is 17.9. The van der Waals surface area contributed by atoms with E-state index in [0.717, 1.165) is 4.90 Å². The molecule has 1 aliphatic rings. The Morgan fingerprint density at radius 2 is 1.96 bits per heavy atom. The van der Waals surface area contributed by atoms with Gasteiger partial charge in [0, 0.05) is 23.9 Å². The van der Waals surface area contributed by atoms with E-state index in [1.165, 1.54) is 12.0 Å². The van der Waals surface area contributed by atoms with Gasteiger partial charge in [0.05, 0.1) is 6.61 Å². The Bertz CT molecular complexity index is 635. The van der Waals surface area contributed by atoms with Gasteiger partial charge in [0.1, 0.15) is 12.6 Å². The Balaban J connectivity index is 2.09. The van der Waals surface area contributed by atoms with Crippen molar-refractivity contribution < 1.29 is 19.1 Å². The van der Waals surface area contributed by atoms with E-state index in [-0.39, 0.29) is 12.6 Å². The first kappa shape index (κ1) is 18.2. The molecule has 24 heavy (non-hydrogen) atoms. The van der Waals surface area contributed by atoms with Gasteiger partial charge in [-0.1, -0.05) is 11.6 Å². The maximum atomic E-state index is 12.6. The number of methoxy groups -OCH3 is 1. The molecule has 8 heteroatoms. The minimum absolute atomic E-state index is 0.208. The maximum Gasteiger partial charge on any atom is 0.332 e. The van der Waals surface area contributed by atoms with Crippen molar-refractivity contribution in [2.24, 2.45) is 0 Å². The van der Waals surface area contributed by atoms with E-state index < -0.39 is 23.9 Å². The Morgan fingerprint density at radius 3 is 2.54 bits per heavy atom. The Morgan fingerprint density at radius 1 is 1.33 bits per heavy atom. The second-order valence-corrected chi connectivity index (χ2v) is 6.09. The fraction of sp³-hybridized carbons (Fsp3) is 0.438. The van der Waals surface area contributed by atoms with Crippen molar-refractivity contribution in [1.82, 2.24) is 10.2 Å². The van der Waals surface area contributed by atoms with Crippen LogP contribution in [0.1, 0.15) is 13.8 Å². The van der Waals surface area contributed by atoms with Gasteiger partial charge in [0.25, 0.3) is 5.91 Å². The third-order valence-corrected chi connectivity index (χ3v) is 3.93. The first-order valence-electron chi connectivity index (χ1n) is 7.53.